The zero-order chi connectivity index (χ0) is 23.1. The van der Waals surface area contributed by atoms with Gasteiger partial charge in [-0.25, -0.2) is 0 Å². The van der Waals surface area contributed by atoms with E-state index >= 15 is 0 Å². The van der Waals surface area contributed by atoms with Crippen molar-refractivity contribution in [3.8, 4) is 0 Å². The Morgan fingerprint density at radius 3 is 2.59 bits per heavy atom. The van der Waals surface area contributed by atoms with E-state index in [0.29, 0.717) is 25.8 Å². The molecule has 3 N–H and O–H groups in total. The van der Waals surface area contributed by atoms with Gasteiger partial charge in [0.25, 0.3) is 0 Å². The van der Waals surface area contributed by atoms with Gasteiger partial charge in [-0.15, -0.1) is 0 Å². The van der Waals surface area contributed by atoms with E-state index in [9.17, 15) is 19.5 Å². The highest BCUT2D eigenvalue weighted by Gasteiger charge is 2.77. The summed E-state index contributed by atoms with van der Waals surface area (Å²) in [5.74, 6) is -2.09. The Kier molecular flexibility index (Phi) is 6.02. The molecule has 3 saturated heterocycles. The molecule has 1 aromatic carbocycles. The van der Waals surface area contributed by atoms with E-state index in [1.54, 1.807) is 0 Å². The lowest BCUT2D eigenvalue weighted by Gasteiger charge is -2.33. The molecule has 4 rings (SSSR count). The van der Waals surface area contributed by atoms with Crippen LogP contribution in [0.25, 0.3) is 0 Å². The highest BCUT2D eigenvalue weighted by molar-refractivity contribution is 5.99. The number of benzene rings is 1. The number of ether oxygens (including phenoxy) is 1. The Labute approximate surface area is 188 Å². The van der Waals surface area contributed by atoms with Crippen molar-refractivity contribution in [1.29, 1.82) is 0 Å². The molecule has 1 spiro atoms. The number of carbonyl (C=O) groups excluding carboxylic acids is 3. The summed E-state index contributed by atoms with van der Waals surface area (Å²) in [6.07, 6.45) is 1.52. The molecule has 3 amide bonds. The van der Waals surface area contributed by atoms with E-state index in [1.165, 1.54) is 4.90 Å². The maximum Gasteiger partial charge on any atom is 0.246 e. The number of likely N-dealkylation sites (tertiary alicyclic amines) is 1. The number of nitrogens with one attached hydrogen (secondary N) is 2. The lowest BCUT2D eigenvalue weighted by Crippen LogP contribution is -2.56. The molecule has 3 aliphatic rings. The Morgan fingerprint density at radius 1 is 1.22 bits per heavy atom. The summed E-state index contributed by atoms with van der Waals surface area (Å²) in [4.78, 5) is 41.8. The molecule has 0 saturated carbocycles. The van der Waals surface area contributed by atoms with Gasteiger partial charge < -0.3 is 25.4 Å². The van der Waals surface area contributed by atoms with Gasteiger partial charge in [0.1, 0.15) is 11.6 Å². The topological polar surface area (TPSA) is 108 Å². The Balaban J connectivity index is 1.63. The maximum atomic E-state index is 13.6. The van der Waals surface area contributed by atoms with Crippen molar-refractivity contribution in [3.63, 3.8) is 0 Å². The Bertz CT molecular complexity index is 891. The normalized spacial score (nSPS) is 33.0. The lowest BCUT2D eigenvalue weighted by molar-refractivity contribution is -0.146. The molecule has 5 atom stereocenters. The van der Waals surface area contributed by atoms with Gasteiger partial charge >= 0.3 is 0 Å². The molecular weight excluding hydrogens is 410 g/mol. The number of hydrogen-bond acceptors (Lipinski definition) is 5. The van der Waals surface area contributed by atoms with Crippen LogP contribution in [-0.4, -0.2) is 64.2 Å². The highest BCUT2D eigenvalue weighted by atomic mass is 16.5. The standard InChI is InChI=1S/C24H33N3O5/c1-15(2)26-21(30)19-24-11-10-23(3,32-24)17(18(24)22(31)27(19)12-7-13-28)20(29)25-14-16-8-5-4-6-9-16/h4-6,8-9,15,17-19,28H,7,10-14H2,1-3H3,(H,25,29)(H,26,30)/t17-,18-,19?,23+,24?/m0/s1. The molecule has 0 aliphatic carbocycles. The van der Waals surface area contributed by atoms with Crippen LogP contribution in [-0.2, 0) is 25.7 Å². The summed E-state index contributed by atoms with van der Waals surface area (Å²) in [6, 6.07) is 8.72. The molecule has 8 heteroatoms. The molecule has 2 bridgehead atoms. The maximum absolute atomic E-state index is 13.6. The second-order valence-corrected chi connectivity index (χ2v) is 9.70. The fourth-order valence-corrected chi connectivity index (χ4v) is 5.87. The van der Waals surface area contributed by atoms with Gasteiger partial charge in [-0.05, 0) is 45.6 Å². The van der Waals surface area contributed by atoms with Crippen molar-refractivity contribution < 1.29 is 24.2 Å². The molecule has 3 aliphatic heterocycles. The molecular formula is C24H33N3O5. The van der Waals surface area contributed by atoms with Gasteiger partial charge in [-0.2, -0.15) is 0 Å². The fraction of sp³-hybridized carbons (Fsp3) is 0.625. The monoisotopic (exact) mass is 443 g/mol. The van der Waals surface area contributed by atoms with Crippen molar-refractivity contribution in [1.82, 2.24) is 15.5 Å². The first-order chi connectivity index (χ1) is 15.2. The molecule has 174 valence electrons. The third-order valence-electron chi connectivity index (χ3n) is 7.11. The van der Waals surface area contributed by atoms with Crippen molar-refractivity contribution in [3.05, 3.63) is 35.9 Å². The first-order valence-corrected chi connectivity index (χ1v) is 11.5. The minimum Gasteiger partial charge on any atom is -0.396 e. The van der Waals surface area contributed by atoms with Crippen LogP contribution < -0.4 is 10.6 Å². The zero-order valence-electron chi connectivity index (χ0n) is 19.0. The van der Waals surface area contributed by atoms with Crippen LogP contribution in [0, 0.1) is 11.8 Å². The van der Waals surface area contributed by atoms with E-state index in [0.717, 1.165) is 5.56 Å². The SMILES string of the molecule is CC(C)NC(=O)C1N(CCCO)C(=O)[C@@H]2[C@@H](C(=O)NCc3ccccc3)[C@@]3(C)CCC12O3. The summed E-state index contributed by atoms with van der Waals surface area (Å²) < 4.78 is 6.51. The van der Waals surface area contributed by atoms with Gasteiger partial charge in [-0.1, -0.05) is 30.3 Å². The minimum absolute atomic E-state index is 0.0838. The number of carbonyl (C=O) groups is 3. The van der Waals surface area contributed by atoms with Crippen LogP contribution >= 0.6 is 0 Å². The number of fused-ring (bicyclic) bond motifs is 1. The van der Waals surface area contributed by atoms with Gasteiger partial charge in [0.15, 0.2) is 0 Å². The molecule has 3 fully saturated rings. The number of rotatable bonds is 8. The van der Waals surface area contributed by atoms with Crippen LogP contribution in [0.3, 0.4) is 0 Å². The largest absolute Gasteiger partial charge is 0.396 e. The van der Waals surface area contributed by atoms with Crippen LogP contribution in [0.15, 0.2) is 30.3 Å². The number of amides is 3. The van der Waals surface area contributed by atoms with E-state index in [4.69, 9.17) is 4.74 Å². The number of aliphatic hydroxyl groups excluding tert-OH is 1. The molecule has 32 heavy (non-hydrogen) atoms. The molecule has 1 aromatic rings. The molecule has 3 heterocycles. The Morgan fingerprint density at radius 2 is 1.94 bits per heavy atom. The molecule has 0 radical (unpaired) electrons. The fourth-order valence-electron chi connectivity index (χ4n) is 5.87. The van der Waals surface area contributed by atoms with Crippen LogP contribution in [0.1, 0.15) is 45.6 Å². The predicted octanol–water partition coefficient (Wildman–Crippen LogP) is 0.975. The van der Waals surface area contributed by atoms with Crippen molar-refractivity contribution in [2.45, 2.75) is 69.9 Å². The lowest BCUT2D eigenvalue weighted by atomic mass is 9.66. The summed E-state index contributed by atoms with van der Waals surface area (Å²) in [7, 11) is 0. The quantitative estimate of drug-likeness (QED) is 0.555. The van der Waals surface area contributed by atoms with Crippen LogP contribution in [0.5, 0.6) is 0 Å². The second kappa shape index (κ2) is 8.48. The molecule has 0 aromatic heterocycles. The number of nitrogens with zero attached hydrogens (tertiary/aromatic N) is 1. The number of hydrogen-bond donors (Lipinski definition) is 3. The first kappa shape index (κ1) is 22.7. The van der Waals surface area contributed by atoms with Crippen LogP contribution in [0.4, 0.5) is 0 Å². The third-order valence-corrected chi connectivity index (χ3v) is 7.11. The molecule has 8 nitrogen and oxygen atoms in total. The summed E-state index contributed by atoms with van der Waals surface area (Å²) in [5, 5.41) is 15.3. The van der Waals surface area contributed by atoms with E-state index in [1.807, 2.05) is 51.1 Å². The predicted molar refractivity (Wildman–Crippen MR) is 117 cm³/mol. The minimum atomic E-state index is -1.02. The smallest absolute Gasteiger partial charge is 0.246 e. The van der Waals surface area contributed by atoms with Crippen molar-refractivity contribution in [2.75, 3.05) is 13.2 Å². The second-order valence-electron chi connectivity index (χ2n) is 9.70. The summed E-state index contributed by atoms with van der Waals surface area (Å²) in [6.45, 7) is 6.16. The van der Waals surface area contributed by atoms with Crippen molar-refractivity contribution in [2.24, 2.45) is 11.8 Å². The van der Waals surface area contributed by atoms with Crippen LogP contribution in [0.2, 0.25) is 0 Å². The third kappa shape index (κ3) is 3.59. The van der Waals surface area contributed by atoms with E-state index in [2.05, 4.69) is 10.6 Å². The van der Waals surface area contributed by atoms with Gasteiger partial charge in [-0.3, -0.25) is 14.4 Å². The van der Waals surface area contributed by atoms with Gasteiger partial charge in [0.2, 0.25) is 17.7 Å². The van der Waals surface area contributed by atoms with Gasteiger partial charge in [0.05, 0.1) is 17.4 Å². The highest BCUT2D eigenvalue weighted by Crippen LogP contribution is 2.63. The molecule has 2 unspecified atom stereocenters. The van der Waals surface area contributed by atoms with E-state index in [-0.39, 0.29) is 36.9 Å². The first-order valence-electron chi connectivity index (χ1n) is 11.5. The summed E-state index contributed by atoms with van der Waals surface area (Å²) >= 11 is 0. The zero-order valence-corrected chi connectivity index (χ0v) is 19.0. The van der Waals surface area contributed by atoms with E-state index < -0.39 is 29.1 Å². The number of aliphatic hydroxyl groups is 1. The van der Waals surface area contributed by atoms with Crippen molar-refractivity contribution >= 4 is 17.7 Å². The van der Waals surface area contributed by atoms with Gasteiger partial charge in [0, 0.05) is 25.7 Å². The average molecular weight is 444 g/mol. The summed E-state index contributed by atoms with van der Waals surface area (Å²) in [5.41, 5.74) is -0.837. The average Bonchev–Trinajstić information content (AvgIpc) is 3.31. The Hall–Kier alpha value is -2.45.